The van der Waals surface area contributed by atoms with E-state index in [1.165, 1.54) is 38.4 Å². The summed E-state index contributed by atoms with van der Waals surface area (Å²) in [6.45, 7) is 5.02. The highest BCUT2D eigenvalue weighted by Gasteiger charge is 2.18. The first kappa shape index (κ1) is 14.9. The second-order valence-electron chi connectivity index (χ2n) is 5.74. The van der Waals surface area contributed by atoms with Gasteiger partial charge < -0.3 is 15.8 Å². The number of nitrogen functional groups attached to an aromatic ring is 1. The zero-order valence-corrected chi connectivity index (χ0v) is 12.6. The Labute approximate surface area is 121 Å². The number of aromatic nitrogens is 2. The molecule has 1 fully saturated rings. The Morgan fingerprint density at radius 1 is 1.30 bits per heavy atom. The molecular weight excluding hydrogens is 252 g/mol. The molecule has 0 bridgehead atoms. The number of rotatable bonds is 5. The van der Waals surface area contributed by atoms with Gasteiger partial charge in [-0.3, -0.25) is 0 Å². The number of anilines is 2. The summed E-state index contributed by atoms with van der Waals surface area (Å²) in [6, 6.07) is 0.455. The monoisotopic (exact) mass is 278 g/mol. The minimum absolute atomic E-state index is 0.455. The zero-order valence-electron chi connectivity index (χ0n) is 12.6. The molecule has 20 heavy (non-hydrogen) atoms. The molecular formula is C15H26N4O. The van der Waals surface area contributed by atoms with Gasteiger partial charge in [0, 0.05) is 6.04 Å². The molecule has 0 spiro atoms. The summed E-state index contributed by atoms with van der Waals surface area (Å²) in [5.41, 5.74) is 6.62. The van der Waals surface area contributed by atoms with Gasteiger partial charge in [0.15, 0.2) is 5.82 Å². The van der Waals surface area contributed by atoms with Crippen LogP contribution in [0.3, 0.4) is 0 Å². The van der Waals surface area contributed by atoms with Crippen LogP contribution in [-0.4, -0.2) is 22.6 Å². The van der Waals surface area contributed by atoms with E-state index >= 15 is 0 Å². The lowest BCUT2D eigenvalue weighted by atomic mass is 10.0. The van der Waals surface area contributed by atoms with Crippen LogP contribution in [0.2, 0.25) is 0 Å². The Morgan fingerprint density at radius 3 is 2.95 bits per heavy atom. The molecule has 1 aliphatic rings. The first-order valence-corrected chi connectivity index (χ1v) is 7.70. The standard InChI is InChI=1S/C15H26N4O/c1-3-9-20-15-13(16)14(17-10-18-15)19-12-6-4-5-11(2)7-8-12/h10-12H,3-9,16H2,1-2H3,(H,17,18,19). The van der Waals surface area contributed by atoms with Gasteiger partial charge in [-0.05, 0) is 31.6 Å². The van der Waals surface area contributed by atoms with Gasteiger partial charge in [0.25, 0.3) is 0 Å². The molecule has 112 valence electrons. The van der Waals surface area contributed by atoms with Gasteiger partial charge >= 0.3 is 0 Å². The zero-order chi connectivity index (χ0) is 14.4. The molecule has 0 amide bonds. The largest absolute Gasteiger partial charge is 0.476 e. The van der Waals surface area contributed by atoms with Crippen LogP contribution in [0, 0.1) is 5.92 Å². The summed E-state index contributed by atoms with van der Waals surface area (Å²) in [5, 5.41) is 3.47. The Morgan fingerprint density at radius 2 is 2.15 bits per heavy atom. The normalized spacial score (nSPS) is 23.1. The fourth-order valence-corrected chi connectivity index (χ4v) is 2.63. The SMILES string of the molecule is CCCOc1ncnc(NC2CCCC(C)CC2)c1N. The van der Waals surface area contributed by atoms with E-state index in [2.05, 4.69) is 29.1 Å². The van der Waals surface area contributed by atoms with E-state index in [0.29, 0.717) is 30.0 Å². The maximum absolute atomic E-state index is 6.10. The van der Waals surface area contributed by atoms with Gasteiger partial charge in [-0.2, -0.15) is 4.98 Å². The van der Waals surface area contributed by atoms with Crippen LogP contribution in [0.5, 0.6) is 5.88 Å². The maximum atomic E-state index is 6.10. The maximum Gasteiger partial charge on any atom is 0.242 e. The second-order valence-corrected chi connectivity index (χ2v) is 5.74. The molecule has 1 aromatic heterocycles. The van der Waals surface area contributed by atoms with Crippen LogP contribution in [0.1, 0.15) is 52.4 Å². The average molecular weight is 278 g/mol. The number of nitrogens with two attached hydrogens (primary N) is 1. The lowest BCUT2D eigenvalue weighted by Crippen LogP contribution is -2.20. The minimum atomic E-state index is 0.455. The molecule has 1 heterocycles. The highest BCUT2D eigenvalue weighted by Crippen LogP contribution is 2.29. The fourth-order valence-electron chi connectivity index (χ4n) is 2.63. The molecule has 1 aromatic rings. The Bertz CT molecular complexity index is 424. The lowest BCUT2D eigenvalue weighted by Gasteiger charge is -2.19. The molecule has 5 nitrogen and oxygen atoms in total. The Kier molecular flexibility index (Phi) is 5.44. The van der Waals surface area contributed by atoms with Gasteiger partial charge in [-0.15, -0.1) is 0 Å². The summed E-state index contributed by atoms with van der Waals surface area (Å²) >= 11 is 0. The van der Waals surface area contributed by atoms with Crippen LogP contribution in [0.4, 0.5) is 11.5 Å². The molecule has 0 radical (unpaired) electrons. The molecule has 0 aromatic carbocycles. The molecule has 1 saturated carbocycles. The van der Waals surface area contributed by atoms with Crippen LogP contribution < -0.4 is 15.8 Å². The van der Waals surface area contributed by atoms with Crippen molar-refractivity contribution in [2.75, 3.05) is 17.7 Å². The van der Waals surface area contributed by atoms with Gasteiger partial charge in [-0.1, -0.05) is 26.7 Å². The van der Waals surface area contributed by atoms with E-state index in [0.717, 1.165) is 12.3 Å². The lowest BCUT2D eigenvalue weighted by molar-refractivity contribution is 0.306. The summed E-state index contributed by atoms with van der Waals surface area (Å²) in [7, 11) is 0. The van der Waals surface area contributed by atoms with E-state index in [4.69, 9.17) is 10.5 Å². The summed E-state index contributed by atoms with van der Waals surface area (Å²) in [4.78, 5) is 8.37. The Balaban J connectivity index is 2.01. The van der Waals surface area contributed by atoms with Crippen molar-refractivity contribution in [2.24, 2.45) is 5.92 Å². The van der Waals surface area contributed by atoms with Gasteiger partial charge in [-0.25, -0.2) is 4.98 Å². The van der Waals surface area contributed by atoms with E-state index in [9.17, 15) is 0 Å². The number of ether oxygens (including phenoxy) is 1. The molecule has 2 rings (SSSR count). The fraction of sp³-hybridized carbons (Fsp3) is 0.733. The highest BCUT2D eigenvalue weighted by atomic mass is 16.5. The third-order valence-electron chi connectivity index (χ3n) is 3.89. The first-order valence-electron chi connectivity index (χ1n) is 7.70. The van der Waals surface area contributed by atoms with Gasteiger partial charge in [0.2, 0.25) is 5.88 Å². The molecule has 3 N–H and O–H groups in total. The quantitative estimate of drug-likeness (QED) is 0.809. The van der Waals surface area contributed by atoms with E-state index < -0.39 is 0 Å². The smallest absolute Gasteiger partial charge is 0.242 e. The predicted molar refractivity (Wildman–Crippen MR) is 81.9 cm³/mol. The number of hydrogen-bond acceptors (Lipinski definition) is 5. The Hall–Kier alpha value is -1.52. The third-order valence-corrected chi connectivity index (χ3v) is 3.89. The van der Waals surface area contributed by atoms with Crippen LogP contribution in [0.25, 0.3) is 0 Å². The van der Waals surface area contributed by atoms with Gasteiger partial charge in [0.1, 0.15) is 12.0 Å². The molecule has 1 aliphatic carbocycles. The summed E-state index contributed by atoms with van der Waals surface area (Å²) < 4.78 is 5.54. The second kappa shape index (κ2) is 7.31. The highest BCUT2D eigenvalue weighted by molar-refractivity contribution is 5.66. The van der Waals surface area contributed by atoms with Crippen LogP contribution in [-0.2, 0) is 0 Å². The topological polar surface area (TPSA) is 73.1 Å². The minimum Gasteiger partial charge on any atom is -0.476 e. The van der Waals surface area contributed by atoms with Crippen molar-refractivity contribution < 1.29 is 4.74 Å². The predicted octanol–water partition coefficient (Wildman–Crippen LogP) is 3.23. The van der Waals surface area contributed by atoms with Crippen molar-refractivity contribution in [3.05, 3.63) is 6.33 Å². The molecule has 5 heteroatoms. The van der Waals surface area contributed by atoms with Crippen molar-refractivity contribution in [3.8, 4) is 5.88 Å². The molecule has 0 saturated heterocycles. The molecule has 2 unspecified atom stereocenters. The number of hydrogen-bond donors (Lipinski definition) is 2. The third kappa shape index (κ3) is 3.99. The van der Waals surface area contributed by atoms with Gasteiger partial charge in [0.05, 0.1) is 6.61 Å². The van der Waals surface area contributed by atoms with E-state index in [1.807, 2.05) is 0 Å². The number of nitrogens with one attached hydrogen (secondary N) is 1. The van der Waals surface area contributed by atoms with E-state index in [1.54, 1.807) is 0 Å². The van der Waals surface area contributed by atoms with Crippen molar-refractivity contribution in [3.63, 3.8) is 0 Å². The van der Waals surface area contributed by atoms with E-state index in [-0.39, 0.29) is 0 Å². The average Bonchev–Trinajstić information content (AvgIpc) is 2.65. The van der Waals surface area contributed by atoms with Crippen LogP contribution >= 0.6 is 0 Å². The summed E-state index contributed by atoms with van der Waals surface area (Å²) in [6.07, 6.45) is 8.66. The van der Waals surface area contributed by atoms with Crippen LogP contribution in [0.15, 0.2) is 6.33 Å². The van der Waals surface area contributed by atoms with Crippen molar-refractivity contribution in [1.82, 2.24) is 9.97 Å². The van der Waals surface area contributed by atoms with Crippen molar-refractivity contribution in [1.29, 1.82) is 0 Å². The molecule has 2 atom stereocenters. The summed E-state index contributed by atoms with van der Waals surface area (Å²) in [5.74, 6) is 2.03. The van der Waals surface area contributed by atoms with Crippen molar-refractivity contribution >= 4 is 11.5 Å². The first-order chi connectivity index (χ1) is 9.70. The number of nitrogens with zero attached hydrogens (tertiary/aromatic N) is 2. The van der Waals surface area contributed by atoms with Crippen molar-refractivity contribution in [2.45, 2.75) is 58.4 Å². The molecule has 0 aliphatic heterocycles.